The van der Waals surface area contributed by atoms with E-state index in [1.54, 1.807) is 29.0 Å². The average Bonchev–Trinajstić information content (AvgIpc) is 3.15. The first kappa shape index (κ1) is 15.1. The molecule has 120 valence electrons. The lowest BCUT2D eigenvalue weighted by Gasteiger charge is -1.97. The van der Waals surface area contributed by atoms with E-state index in [9.17, 15) is 8.60 Å². The zero-order chi connectivity index (χ0) is 16.5. The topological polar surface area (TPSA) is 60.2 Å². The molecule has 5 nitrogen and oxygen atoms in total. The minimum atomic E-state index is -1.27. The maximum absolute atomic E-state index is 13.0. The Morgan fingerprint density at radius 2 is 2.00 bits per heavy atom. The lowest BCUT2D eigenvalue weighted by molar-refractivity contribution is 0.628. The molecule has 0 spiro atoms. The Kier molecular flexibility index (Phi) is 3.91. The van der Waals surface area contributed by atoms with Gasteiger partial charge in [-0.3, -0.25) is 9.19 Å². The molecule has 24 heavy (non-hydrogen) atoms. The summed E-state index contributed by atoms with van der Waals surface area (Å²) in [6, 6.07) is 11.6. The molecule has 0 aliphatic heterocycles. The van der Waals surface area contributed by atoms with E-state index >= 15 is 0 Å². The molecule has 0 radical (unpaired) electrons. The summed E-state index contributed by atoms with van der Waals surface area (Å²) in [7, 11) is -1.27. The second-order valence-electron chi connectivity index (χ2n) is 5.04. The number of aromatic nitrogens is 4. The molecule has 0 aliphatic carbocycles. The lowest BCUT2D eigenvalue weighted by atomic mass is 10.2. The van der Waals surface area contributed by atoms with E-state index in [0.29, 0.717) is 20.7 Å². The van der Waals surface area contributed by atoms with Crippen molar-refractivity contribution >= 4 is 27.1 Å². The van der Waals surface area contributed by atoms with Crippen LogP contribution in [0.25, 0.3) is 16.2 Å². The Labute approximate surface area is 143 Å². The van der Waals surface area contributed by atoms with Crippen LogP contribution >= 0.6 is 11.3 Å². The summed E-state index contributed by atoms with van der Waals surface area (Å²) in [5, 5.41) is 4.34. The summed E-state index contributed by atoms with van der Waals surface area (Å²) < 4.78 is 27.5. The summed E-state index contributed by atoms with van der Waals surface area (Å²) in [4.78, 5) is 9.30. The van der Waals surface area contributed by atoms with Gasteiger partial charge in [-0.05, 0) is 36.4 Å². The highest BCUT2D eigenvalue weighted by Gasteiger charge is 2.15. The number of nitrogens with zero attached hydrogens (tertiary/aromatic N) is 4. The van der Waals surface area contributed by atoms with Crippen molar-refractivity contribution in [2.45, 2.75) is 10.1 Å². The van der Waals surface area contributed by atoms with Crippen LogP contribution in [-0.4, -0.2) is 23.8 Å². The molecular weight excluding hydrogens is 347 g/mol. The zero-order valence-corrected chi connectivity index (χ0v) is 13.9. The fourth-order valence-electron chi connectivity index (χ4n) is 2.21. The number of hydrogen-bond donors (Lipinski definition) is 0. The standard InChI is InChI=1S/C16H11FN4OS2/c17-12-6-4-11(5-7-12)14-9-21-15(19-14)23-16(20-21)24(22)10-13-3-1-2-8-18-13/h1-9H,10H2. The van der Waals surface area contributed by atoms with Crippen molar-refractivity contribution in [3.05, 3.63) is 66.4 Å². The monoisotopic (exact) mass is 358 g/mol. The molecule has 1 atom stereocenters. The molecule has 1 aromatic carbocycles. The van der Waals surface area contributed by atoms with E-state index in [1.165, 1.54) is 23.5 Å². The summed E-state index contributed by atoms with van der Waals surface area (Å²) >= 11 is 1.28. The Morgan fingerprint density at radius 1 is 1.17 bits per heavy atom. The minimum Gasteiger partial charge on any atom is -0.260 e. The molecule has 0 saturated heterocycles. The van der Waals surface area contributed by atoms with E-state index < -0.39 is 10.8 Å². The second kappa shape index (κ2) is 6.21. The first-order valence-electron chi connectivity index (χ1n) is 7.09. The first-order valence-corrected chi connectivity index (χ1v) is 9.23. The van der Waals surface area contributed by atoms with Gasteiger partial charge in [0.1, 0.15) is 5.82 Å². The van der Waals surface area contributed by atoms with Crippen molar-refractivity contribution < 1.29 is 8.60 Å². The van der Waals surface area contributed by atoms with E-state index in [0.717, 1.165) is 11.3 Å². The highest BCUT2D eigenvalue weighted by molar-refractivity contribution is 7.86. The SMILES string of the molecule is O=S(Cc1ccccn1)c1nn2cc(-c3ccc(F)cc3)nc2s1. The second-order valence-corrected chi connectivity index (χ2v) is 7.62. The van der Waals surface area contributed by atoms with Crippen LogP contribution in [0.5, 0.6) is 0 Å². The molecule has 3 heterocycles. The van der Waals surface area contributed by atoms with Crippen molar-refractivity contribution in [2.24, 2.45) is 0 Å². The molecule has 0 fully saturated rings. The average molecular weight is 358 g/mol. The molecular formula is C16H11FN4OS2. The Bertz CT molecular complexity index is 980. The molecule has 0 amide bonds. The number of benzene rings is 1. The van der Waals surface area contributed by atoms with Gasteiger partial charge in [0, 0.05) is 11.8 Å². The van der Waals surface area contributed by atoms with Crippen LogP contribution in [-0.2, 0) is 16.6 Å². The van der Waals surface area contributed by atoms with Crippen molar-refractivity contribution in [1.29, 1.82) is 0 Å². The highest BCUT2D eigenvalue weighted by atomic mass is 32.2. The van der Waals surface area contributed by atoms with Gasteiger partial charge >= 0.3 is 0 Å². The molecule has 0 N–H and O–H groups in total. The third kappa shape index (κ3) is 2.98. The molecule has 1 unspecified atom stereocenters. The summed E-state index contributed by atoms with van der Waals surface area (Å²) in [6.45, 7) is 0. The van der Waals surface area contributed by atoms with Gasteiger partial charge in [0.25, 0.3) is 0 Å². The summed E-state index contributed by atoms with van der Waals surface area (Å²) in [5.41, 5.74) is 2.27. The van der Waals surface area contributed by atoms with Crippen LogP contribution in [0.2, 0.25) is 0 Å². The first-order chi connectivity index (χ1) is 11.7. The number of pyridine rings is 1. The van der Waals surface area contributed by atoms with E-state index in [1.807, 2.05) is 18.2 Å². The number of imidazole rings is 1. The molecule has 3 aromatic heterocycles. The third-order valence-corrected chi connectivity index (χ3v) is 5.92. The summed E-state index contributed by atoms with van der Waals surface area (Å²) in [6.07, 6.45) is 3.43. The van der Waals surface area contributed by atoms with E-state index in [4.69, 9.17) is 0 Å². The predicted molar refractivity (Wildman–Crippen MR) is 90.6 cm³/mol. The molecule has 0 saturated carbocycles. The van der Waals surface area contributed by atoms with Crippen molar-refractivity contribution in [3.8, 4) is 11.3 Å². The van der Waals surface area contributed by atoms with Gasteiger partial charge in [0.05, 0.1) is 34.1 Å². The number of rotatable bonds is 4. The smallest absolute Gasteiger partial charge is 0.213 e. The maximum Gasteiger partial charge on any atom is 0.213 e. The Hall–Kier alpha value is -2.45. The van der Waals surface area contributed by atoms with Crippen LogP contribution in [0.15, 0.2) is 59.2 Å². The fraction of sp³-hybridized carbons (Fsp3) is 0.0625. The van der Waals surface area contributed by atoms with Crippen molar-refractivity contribution in [1.82, 2.24) is 19.6 Å². The third-order valence-electron chi connectivity index (χ3n) is 3.36. The van der Waals surface area contributed by atoms with Gasteiger partial charge in [-0.2, -0.15) is 0 Å². The quantitative estimate of drug-likeness (QED) is 0.562. The minimum absolute atomic E-state index is 0.287. The van der Waals surface area contributed by atoms with Gasteiger partial charge in [0.15, 0.2) is 0 Å². The van der Waals surface area contributed by atoms with Gasteiger partial charge in [-0.15, -0.1) is 5.10 Å². The van der Waals surface area contributed by atoms with Crippen molar-refractivity contribution in [3.63, 3.8) is 0 Å². The largest absolute Gasteiger partial charge is 0.260 e. The normalized spacial score (nSPS) is 12.5. The highest BCUT2D eigenvalue weighted by Crippen LogP contribution is 2.24. The molecule has 0 aliphatic rings. The Morgan fingerprint density at radius 3 is 2.71 bits per heavy atom. The molecule has 8 heteroatoms. The van der Waals surface area contributed by atoms with Gasteiger partial charge in [-0.25, -0.2) is 13.9 Å². The molecule has 4 aromatic rings. The number of hydrogen-bond acceptors (Lipinski definition) is 5. The predicted octanol–water partition coefficient (Wildman–Crippen LogP) is 3.30. The van der Waals surface area contributed by atoms with Crippen LogP contribution < -0.4 is 0 Å². The van der Waals surface area contributed by atoms with Crippen LogP contribution in [0.3, 0.4) is 0 Å². The van der Waals surface area contributed by atoms with Crippen LogP contribution in [0.1, 0.15) is 5.69 Å². The maximum atomic E-state index is 13.0. The summed E-state index contributed by atoms with van der Waals surface area (Å²) in [5.74, 6) is 0.0348. The van der Waals surface area contributed by atoms with Gasteiger partial charge < -0.3 is 0 Å². The lowest BCUT2D eigenvalue weighted by Crippen LogP contribution is -1.98. The van der Waals surface area contributed by atoms with Crippen molar-refractivity contribution in [2.75, 3.05) is 0 Å². The van der Waals surface area contributed by atoms with Gasteiger partial charge in [0.2, 0.25) is 9.30 Å². The van der Waals surface area contributed by atoms with Gasteiger partial charge in [-0.1, -0.05) is 17.4 Å². The van der Waals surface area contributed by atoms with E-state index in [2.05, 4.69) is 15.1 Å². The Balaban J connectivity index is 1.59. The molecule has 4 rings (SSSR count). The van der Waals surface area contributed by atoms with E-state index in [-0.39, 0.29) is 5.82 Å². The molecule has 0 bridgehead atoms. The van der Waals surface area contributed by atoms with Crippen LogP contribution in [0, 0.1) is 5.82 Å². The number of halogens is 1. The van der Waals surface area contributed by atoms with Crippen LogP contribution in [0.4, 0.5) is 4.39 Å². The zero-order valence-electron chi connectivity index (χ0n) is 12.3. The number of fused-ring (bicyclic) bond motifs is 1. The fourth-order valence-corrected chi connectivity index (χ4v) is 4.34.